The SMILES string of the molecule is Cc1ccc(CN2CCCC[C@H]2c2cnc(Nc3ccc(C#N)nc3)cn2)o1. The Morgan fingerprint density at radius 3 is 2.75 bits per heavy atom. The second-order valence-electron chi connectivity index (χ2n) is 6.99. The molecule has 28 heavy (non-hydrogen) atoms. The van der Waals surface area contributed by atoms with Crippen LogP contribution in [0.4, 0.5) is 11.5 Å². The maximum Gasteiger partial charge on any atom is 0.148 e. The number of nitriles is 1. The molecule has 4 rings (SSSR count). The monoisotopic (exact) mass is 374 g/mol. The molecule has 7 nitrogen and oxygen atoms in total. The van der Waals surface area contributed by atoms with Gasteiger partial charge in [-0.15, -0.1) is 0 Å². The fourth-order valence-corrected chi connectivity index (χ4v) is 3.54. The summed E-state index contributed by atoms with van der Waals surface area (Å²) in [6.07, 6.45) is 8.65. The number of aromatic nitrogens is 3. The summed E-state index contributed by atoms with van der Waals surface area (Å²) in [5, 5.41) is 12.0. The van der Waals surface area contributed by atoms with Gasteiger partial charge in [0.05, 0.1) is 42.6 Å². The lowest BCUT2D eigenvalue weighted by Gasteiger charge is -2.34. The number of hydrogen-bond donors (Lipinski definition) is 1. The van der Waals surface area contributed by atoms with Crippen LogP contribution < -0.4 is 5.32 Å². The van der Waals surface area contributed by atoms with Gasteiger partial charge in [0, 0.05) is 0 Å². The molecule has 4 heterocycles. The fraction of sp³-hybridized carbons (Fsp3) is 0.333. The molecular weight excluding hydrogens is 352 g/mol. The summed E-state index contributed by atoms with van der Waals surface area (Å²) in [6.45, 7) is 3.79. The topological polar surface area (TPSA) is 90.9 Å². The van der Waals surface area contributed by atoms with Crippen molar-refractivity contribution in [1.29, 1.82) is 5.26 Å². The lowest BCUT2D eigenvalue weighted by molar-refractivity contribution is 0.126. The van der Waals surface area contributed by atoms with Crippen LogP contribution in [0.5, 0.6) is 0 Å². The van der Waals surface area contributed by atoms with E-state index >= 15 is 0 Å². The largest absolute Gasteiger partial charge is 0.465 e. The number of nitrogens with zero attached hydrogens (tertiary/aromatic N) is 5. The Balaban J connectivity index is 1.45. The van der Waals surface area contributed by atoms with Gasteiger partial charge in [-0.25, -0.2) is 9.97 Å². The van der Waals surface area contributed by atoms with E-state index in [2.05, 4.69) is 25.2 Å². The van der Waals surface area contributed by atoms with Gasteiger partial charge in [0.1, 0.15) is 29.1 Å². The number of anilines is 2. The van der Waals surface area contributed by atoms with E-state index in [-0.39, 0.29) is 6.04 Å². The molecule has 3 aromatic rings. The van der Waals surface area contributed by atoms with Crippen molar-refractivity contribution in [2.75, 3.05) is 11.9 Å². The minimum Gasteiger partial charge on any atom is -0.465 e. The predicted octanol–water partition coefficient (Wildman–Crippen LogP) is 4.12. The van der Waals surface area contributed by atoms with E-state index in [9.17, 15) is 0 Å². The van der Waals surface area contributed by atoms with Crippen molar-refractivity contribution >= 4 is 11.5 Å². The summed E-state index contributed by atoms with van der Waals surface area (Å²) in [6, 6.07) is 9.78. The molecule has 0 radical (unpaired) electrons. The number of pyridine rings is 1. The van der Waals surface area contributed by atoms with Crippen LogP contribution in [0, 0.1) is 18.3 Å². The van der Waals surface area contributed by atoms with Gasteiger partial charge in [0.2, 0.25) is 0 Å². The standard InChI is InChI=1S/C21H22N6O/c1-15-5-8-18(28-15)14-27-9-3-2-4-20(27)19-12-25-21(13-24-19)26-17-7-6-16(10-22)23-11-17/h5-8,11-13,20H,2-4,9,14H2,1H3,(H,25,26)/t20-/m0/s1. The van der Waals surface area contributed by atoms with Gasteiger partial charge in [0.25, 0.3) is 0 Å². The van der Waals surface area contributed by atoms with E-state index in [1.165, 1.54) is 12.8 Å². The van der Waals surface area contributed by atoms with Crippen molar-refractivity contribution in [3.8, 4) is 6.07 Å². The molecule has 1 fully saturated rings. The van der Waals surface area contributed by atoms with Crippen LogP contribution in [0.1, 0.15) is 48.2 Å². The third-order valence-corrected chi connectivity index (χ3v) is 4.93. The average molecular weight is 374 g/mol. The van der Waals surface area contributed by atoms with Crippen LogP contribution in [0.2, 0.25) is 0 Å². The number of piperidine rings is 1. The molecule has 3 aromatic heterocycles. The Bertz CT molecular complexity index is 958. The first kappa shape index (κ1) is 18.1. The average Bonchev–Trinajstić information content (AvgIpc) is 3.14. The number of likely N-dealkylation sites (tertiary alicyclic amines) is 1. The Morgan fingerprint density at radius 1 is 1.14 bits per heavy atom. The Kier molecular flexibility index (Phi) is 5.31. The van der Waals surface area contributed by atoms with Crippen molar-refractivity contribution in [1.82, 2.24) is 19.9 Å². The van der Waals surface area contributed by atoms with Gasteiger partial charge in [-0.2, -0.15) is 5.26 Å². The second-order valence-corrected chi connectivity index (χ2v) is 6.99. The van der Waals surface area contributed by atoms with Gasteiger partial charge in [-0.3, -0.25) is 9.88 Å². The third-order valence-electron chi connectivity index (χ3n) is 4.93. The summed E-state index contributed by atoms with van der Waals surface area (Å²) in [4.78, 5) is 15.6. The molecule has 0 saturated carbocycles. The summed E-state index contributed by atoms with van der Waals surface area (Å²) in [7, 11) is 0. The van der Waals surface area contributed by atoms with Crippen LogP contribution in [-0.2, 0) is 6.54 Å². The van der Waals surface area contributed by atoms with E-state index in [0.717, 1.165) is 42.4 Å². The van der Waals surface area contributed by atoms with Crippen molar-refractivity contribution in [2.45, 2.75) is 38.8 Å². The summed E-state index contributed by atoms with van der Waals surface area (Å²) in [5.41, 5.74) is 2.14. The molecule has 1 N–H and O–H groups in total. The highest BCUT2D eigenvalue weighted by Gasteiger charge is 2.26. The van der Waals surface area contributed by atoms with E-state index in [0.29, 0.717) is 11.5 Å². The highest BCUT2D eigenvalue weighted by Crippen LogP contribution is 2.31. The molecule has 1 aliphatic rings. The Labute approximate surface area is 164 Å². The van der Waals surface area contributed by atoms with Crippen LogP contribution in [-0.4, -0.2) is 26.4 Å². The minimum absolute atomic E-state index is 0.247. The maximum atomic E-state index is 8.82. The lowest BCUT2D eigenvalue weighted by Crippen LogP contribution is -2.33. The Hall–Kier alpha value is -3.24. The normalized spacial score (nSPS) is 17.2. The van der Waals surface area contributed by atoms with Gasteiger partial charge in [0.15, 0.2) is 0 Å². The smallest absolute Gasteiger partial charge is 0.148 e. The molecular formula is C21H22N6O. The number of hydrogen-bond acceptors (Lipinski definition) is 7. The minimum atomic E-state index is 0.247. The van der Waals surface area contributed by atoms with Crippen LogP contribution in [0.15, 0.2) is 47.3 Å². The first-order valence-electron chi connectivity index (χ1n) is 9.46. The number of furan rings is 1. The van der Waals surface area contributed by atoms with Crippen LogP contribution in [0.3, 0.4) is 0 Å². The number of rotatable bonds is 5. The quantitative estimate of drug-likeness (QED) is 0.718. The molecule has 142 valence electrons. The van der Waals surface area contributed by atoms with E-state index in [1.54, 1.807) is 24.5 Å². The zero-order valence-corrected chi connectivity index (χ0v) is 15.8. The van der Waals surface area contributed by atoms with E-state index in [1.807, 2.05) is 31.3 Å². The van der Waals surface area contributed by atoms with Gasteiger partial charge in [-0.1, -0.05) is 6.42 Å². The fourth-order valence-electron chi connectivity index (χ4n) is 3.54. The molecule has 1 aliphatic heterocycles. The number of aryl methyl sites for hydroxylation is 1. The van der Waals surface area contributed by atoms with Crippen LogP contribution >= 0.6 is 0 Å². The third kappa shape index (κ3) is 4.18. The molecule has 7 heteroatoms. The Morgan fingerprint density at radius 2 is 2.07 bits per heavy atom. The van der Waals surface area contributed by atoms with E-state index in [4.69, 9.17) is 9.68 Å². The maximum absolute atomic E-state index is 8.82. The molecule has 0 aromatic carbocycles. The molecule has 0 bridgehead atoms. The molecule has 1 saturated heterocycles. The highest BCUT2D eigenvalue weighted by atomic mass is 16.3. The first-order chi connectivity index (χ1) is 13.7. The van der Waals surface area contributed by atoms with E-state index < -0.39 is 0 Å². The zero-order chi connectivity index (χ0) is 19.3. The molecule has 0 unspecified atom stereocenters. The second kappa shape index (κ2) is 8.19. The van der Waals surface area contributed by atoms with Crippen molar-refractivity contribution in [3.05, 3.63) is 65.8 Å². The first-order valence-corrected chi connectivity index (χ1v) is 9.46. The van der Waals surface area contributed by atoms with Crippen molar-refractivity contribution in [3.63, 3.8) is 0 Å². The van der Waals surface area contributed by atoms with Gasteiger partial charge < -0.3 is 9.73 Å². The number of nitrogens with one attached hydrogen (secondary N) is 1. The summed E-state index contributed by atoms with van der Waals surface area (Å²) >= 11 is 0. The molecule has 0 spiro atoms. The van der Waals surface area contributed by atoms with Crippen LogP contribution in [0.25, 0.3) is 0 Å². The highest BCUT2D eigenvalue weighted by molar-refractivity contribution is 5.54. The van der Waals surface area contributed by atoms with Crippen molar-refractivity contribution < 1.29 is 4.42 Å². The molecule has 1 atom stereocenters. The molecule has 0 aliphatic carbocycles. The predicted molar refractivity (Wildman–Crippen MR) is 105 cm³/mol. The zero-order valence-electron chi connectivity index (χ0n) is 15.8. The summed E-state index contributed by atoms with van der Waals surface area (Å²) < 4.78 is 5.76. The lowest BCUT2D eigenvalue weighted by atomic mass is 9.99. The van der Waals surface area contributed by atoms with Gasteiger partial charge in [-0.05, 0) is 50.6 Å². The summed E-state index contributed by atoms with van der Waals surface area (Å²) in [5.74, 6) is 2.58. The van der Waals surface area contributed by atoms with Crippen molar-refractivity contribution in [2.24, 2.45) is 0 Å². The van der Waals surface area contributed by atoms with Gasteiger partial charge >= 0.3 is 0 Å². The molecule has 0 amide bonds.